The second-order valence-electron chi connectivity index (χ2n) is 9.42. The standard InChI is InChI=1S/C25H25F2N7O/c1-13-14(2)30-24-23(29-13)22(18-7-6-17(26)8-19(18)27)31-25(32-24)34-11-20(15-4-5-15)35-21(12-34)16-9-28-33(3)10-16/h6-10,15,20-21H,4-5,11-12H2,1-3H3. The lowest BCUT2D eigenvalue weighted by Gasteiger charge is -2.38. The van der Waals surface area contributed by atoms with Crippen LogP contribution in [0.25, 0.3) is 22.4 Å². The molecule has 0 amide bonds. The highest BCUT2D eigenvalue weighted by molar-refractivity contribution is 5.88. The first-order valence-corrected chi connectivity index (χ1v) is 11.7. The van der Waals surface area contributed by atoms with Gasteiger partial charge in [-0.2, -0.15) is 10.1 Å². The summed E-state index contributed by atoms with van der Waals surface area (Å²) in [6, 6.07) is 3.46. The fourth-order valence-electron chi connectivity index (χ4n) is 4.58. The van der Waals surface area contributed by atoms with Gasteiger partial charge in [-0.25, -0.2) is 23.7 Å². The van der Waals surface area contributed by atoms with Crippen LogP contribution >= 0.6 is 0 Å². The van der Waals surface area contributed by atoms with Gasteiger partial charge in [-0.05, 0) is 44.7 Å². The second-order valence-corrected chi connectivity index (χ2v) is 9.42. The van der Waals surface area contributed by atoms with Gasteiger partial charge in [-0.15, -0.1) is 0 Å². The van der Waals surface area contributed by atoms with Crippen LogP contribution in [0.1, 0.15) is 35.9 Å². The third-order valence-electron chi connectivity index (χ3n) is 6.77. The molecule has 1 saturated carbocycles. The molecule has 0 radical (unpaired) electrons. The summed E-state index contributed by atoms with van der Waals surface area (Å²) in [6.45, 7) is 4.83. The van der Waals surface area contributed by atoms with Crippen molar-refractivity contribution in [2.24, 2.45) is 13.0 Å². The zero-order chi connectivity index (χ0) is 24.3. The Hall–Kier alpha value is -3.53. The molecule has 2 aliphatic rings. The van der Waals surface area contributed by atoms with Gasteiger partial charge in [0.15, 0.2) is 5.65 Å². The summed E-state index contributed by atoms with van der Waals surface area (Å²) < 4.78 is 36.8. The Morgan fingerprint density at radius 2 is 1.80 bits per heavy atom. The third kappa shape index (κ3) is 4.12. The molecule has 1 saturated heterocycles. The number of fused-ring (bicyclic) bond motifs is 1. The van der Waals surface area contributed by atoms with Crippen molar-refractivity contribution >= 4 is 17.1 Å². The summed E-state index contributed by atoms with van der Waals surface area (Å²) >= 11 is 0. The normalized spacial score (nSPS) is 20.5. The first-order chi connectivity index (χ1) is 16.9. The number of hydrogen-bond donors (Lipinski definition) is 0. The Balaban J connectivity index is 1.48. The van der Waals surface area contributed by atoms with E-state index in [9.17, 15) is 8.78 Å². The van der Waals surface area contributed by atoms with Crippen molar-refractivity contribution in [3.05, 3.63) is 59.2 Å². The van der Waals surface area contributed by atoms with E-state index < -0.39 is 11.6 Å². The van der Waals surface area contributed by atoms with E-state index in [0.717, 1.165) is 30.2 Å². The minimum atomic E-state index is -0.706. The van der Waals surface area contributed by atoms with E-state index in [1.54, 1.807) is 4.68 Å². The summed E-state index contributed by atoms with van der Waals surface area (Å²) in [5.74, 6) is -0.433. The highest BCUT2D eigenvalue weighted by Crippen LogP contribution is 2.40. The largest absolute Gasteiger partial charge is 0.366 e. The summed E-state index contributed by atoms with van der Waals surface area (Å²) in [5.41, 5.74) is 3.65. The maximum absolute atomic E-state index is 14.9. The molecule has 1 aliphatic heterocycles. The van der Waals surface area contributed by atoms with Gasteiger partial charge in [0.2, 0.25) is 5.95 Å². The molecule has 2 atom stereocenters. The van der Waals surface area contributed by atoms with Crippen LogP contribution in [0.5, 0.6) is 0 Å². The van der Waals surface area contributed by atoms with E-state index in [-0.39, 0.29) is 17.8 Å². The monoisotopic (exact) mass is 477 g/mol. The van der Waals surface area contributed by atoms with Gasteiger partial charge >= 0.3 is 0 Å². The topological polar surface area (TPSA) is 81.9 Å². The summed E-state index contributed by atoms with van der Waals surface area (Å²) in [5, 5.41) is 4.30. The van der Waals surface area contributed by atoms with Crippen LogP contribution in [0, 0.1) is 31.4 Å². The van der Waals surface area contributed by atoms with Crippen LogP contribution in [0.4, 0.5) is 14.7 Å². The molecule has 2 unspecified atom stereocenters. The smallest absolute Gasteiger partial charge is 0.228 e. The van der Waals surface area contributed by atoms with Crippen LogP contribution in [0.3, 0.4) is 0 Å². The lowest BCUT2D eigenvalue weighted by atomic mass is 10.1. The maximum Gasteiger partial charge on any atom is 0.228 e. The molecule has 6 rings (SSSR count). The molecule has 3 aromatic heterocycles. The van der Waals surface area contributed by atoms with Gasteiger partial charge in [-0.1, -0.05) is 0 Å². The molecule has 0 spiro atoms. The van der Waals surface area contributed by atoms with Crippen molar-refractivity contribution in [3.63, 3.8) is 0 Å². The SMILES string of the molecule is Cc1nc2nc(N3CC(c4cnn(C)c4)OC(C4CC4)C3)nc(-c3ccc(F)cc3F)c2nc1C. The minimum Gasteiger partial charge on any atom is -0.366 e. The van der Waals surface area contributed by atoms with Crippen LogP contribution in [0.2, 0.25) is 0 Å². The second kappa shape index (κ2) is 8.30. The van der Waals surface area contributed by atoms with Crippen molar-refractivity contribution in [2.45, 2.75) is 38.9 Å². The average Bonchev–Trinajstić information content (AvgIpc) is 3.59. The van der Waals surface area contributed by atoms with Crippen molar-refractivity contribution in [1.82, 2.24) is 29.7 Å². The number of halogens is 2. The first-order valence-electron chi connectivity index (χ1n) is 11.7. The van der Waals surface area contributed by atoms with Gasteiger partial charge in [0.05, 0.1) is 30.2 Å². The number of nitrogens with zero attached hydrogens (tertiary/aromatic N) is 7. The molecule has 180 valence electrons. The van der Waals surface area contributed by atoms with E-state index in [0.29, 0.717) is 47.5 Å². The van der Waals surface area contributed by atoms with Crippen molar-refractivity contribution in [3.8, 4) is 11.3 Å². The molecular formula is C25H25F2N7O. The van der Waals surface area contributed by atoms with Crippen molar-refractivity contribution in [2.75, 3.05) is 18.0 Å². The van der Waals surface area contributed by atoms with Crippen LogP contribution in [-0.4, -0.2) is 48.9 Å². The number of aromatic nitrogens is 6. The van der Waals surface area contributed by atoms with Crippen LogP contribution in [0.15, 0.2) is 30.6 Å². The molecule has 0 N–H and O–H groups in total. The van der Waals surface area contributed by atoms with E-state index >= 15 is 0 Å². The van der Waals surface area contributed by atoms with Crippen molar-refractivity contribution < 1.29 is 13.5 Å². The number of benzene rings is 1. The zero-order valence-electron chi connectivity index (χ0n) is 19.7. The number of morpholine rings is 1. The summed E-state index contributed by atoms with van der Waals surface area (Å²) in [6.07, 6.45) is 5.87. The Kier molecular flexibility index (Phi) is 5.21. The molecule has 2 fully saturated rings. The molecule has 1 aromatic carbocycles. The molecule has 10 heteroatoms. The molecule has 0 bridgehead atoms. The Morgan fingerprint density at radius 3 is 2.51 bits per heavy atom. The van der Waals surface area contributed by atoms with E-state index in [1.165, 1.54) is 12.1 Å². The first kappa shape index (κ1) is 22.0. The number of rotatable bonds is 4. The van der Waals surface area contributed by atoms with Gasteiger partial charge in [0, 0.05) is 37.0 Å². The lowest BCUT2D eigenvalue weighted by molar-refractivity contribution is -0.0389. The van der Waals surface area contributed by atoms with Gasteiger partial charge < -0.3 is 9.64 Å². The fourth-order valence-corrected chi connectivity index (χ4v) is 4.58. The molecule has 4 heterocycles. The van der Waals surface area contributed by atoms with Gasteiger partial charge in [0.1, 0.15) is 28.9 Å². The highest BCUT2D eigenvalue weighted by Gasteiger charge is 2.40. The Labute approximate surface area is 201 Å². The molecule has 8 nitrogen and oxygen atoms in total. The van der Waals surface area contributed by atoms with E-state index in [4.69, 9.17) is 14.7 Å². The van der Waals surface area contributed by atoms with E-state index in [2.05, 4.69) is 20.0 Å². The quantitative estimate of drug-likeness (QED) is 0.438. The molecule has 1 aliphatic carbocycles. The number of anilines is 1. The number of ether oxygens (including phenoxy) is 1. The van der Waals surface area contributed by atoms with Gasteiger partial charge in [-0.3, -0.25) is 4.68 Å². The predicted molar refractivity (Wildman–Crippen MR) is 126 cm³/mol. The van der Waals surface area contributed by atoms with Crippen LogP contribution < -0.4 is 4.90 Å². The zero-order valence-corrected chi connectivity index (χ0v) is 19.7. The highest BCUT2D eigenvalue weighted by atomic mass is 19.1. The van der Waals surface area contributed by atoms with E-state index in [1.807, 2.05) is 33.3 Å². The minimum absolute atomic E-state index is 0.0325. The number of hydrogen-bond acceptors (Lipinski definition) is 7. The van der Waals surface area contributed by atoms with Crippen molar-refractivity contribution in [1.29, 1.82) is 0 Å². The molecule has 4 aromatic rings. The predicted octanol–water partition coefficient (Wildman–Crippen LogP) is 4.07. The fraction of sp³-hybridized carbons (Fsp3) is 0.400. The lowest BCUT2D eigenvalue weighted by Crippen LogP contribution is -2.45. The summed E-state index contributed by atoms with van der Waals surface area (Å²) in [7, 11) is 1.88. The van der Waals surface area contributed by atoms with Crippen LogP contribution in [-0.2, 0) is 11.8 Å². The Morgan fingerprint density at radius 1 is 1.00 bits per heavy atom. The average molecular weight is 478 g/mol. The molecule has 35 heavy (non-hydrogen) atoms. The maximum atomic E-state index is 14.9. The van der Waals surface area contributed by atoms with Gasteiger partial charge in [0.25, 0.3) is 0 Å². The number of aryl methyl sites for hydroxylation is 3. The Bertz CT molecular complexity index is 1440. The molecular weight excluding hydrogens is 452 g/mol. The summed E-state index contributed by atoms with van der Waals surface area (Å²) in [4.78, 5) is 20.8. The third-order valence-corrected chi connectivity index (χ3v) is 6.77.